The minimum atomic E-state index is -1.12. The van der Waals surface area contributed by atoms with E-state index in [4.69, 9.17) is 0 Å². The normalized spacial score (nSPS) is 16.5. The number of nitrogens with zero attached hydrogens (tertiary/aromatic N) is 2. The number of amides is 1. The van der Waals surface area contributed by atoms with Crippen LogP contribution < -0.4 is 11.2 Å². The highest BCUT2D eigenvalue weighted by Crippen LogP contribution is 2.30. The van der Waals surface area contributed by atoms with Crippen molar-refractivity contribution < 1.29 is 14.7 Å². The molecule has 8 heteroatoms. The Labute approximate surface area is 136 Å². The van der Waals surface area contributed by atoms with Crippen LogP contribution in [0.5, 0.6) is 0 Å². The van der Waals surface area contributed by atoms with Crippen molar-refractivity contribution in [3.8, 4) is 0 Å². The molecule has 0 aliphatic carbocycles. The van der Waals surface area contributed by atoms with E-state index < -0.39 is 29.2 Å². The van der Waals surface area contributed by atoms with Crippen molar-refractivity contribution in [3.63, 3.8) is 0 Å². The molecule has 1 aromatic carbocycles. The number of carboxylic acid groups (broad SMARTS) is 1. The van der Waals surface area contributed by atoms with E-state index in [1.165, 1.54) is 11.1 Å². The van der Waals surface area contributed by atoms with Crippen LogP contribution in [0.25, 0.3) is 0 Å². The maximum absolute atomic E-state index is 12.5. The number of carbonyl (C=O) groups excluding carboxylic acids is 1. The molecule has 124 valence electrons. The van der Waals surface area contributed by atoms with E-state index in [9.17, 15) is 24.3 Å². The minimum Gasteiger partial charge on any atom is -0.479 e. The van der Waals surface area contributed by atoms with Gasteiger partial charge in [-0.1, -0.05) is 24.3 Å². The first-order valence-corrected chi connectivity index (χ1v) is 7.37. The van der Waals surface area contributed by atoms with Gasteiger partial charge in [-0.05, 0) is 17.5 Å². The van der Waals surface area contributed by atoms with Crippen LogP contribution in [0.15, 0.2) is 46.1 Å². The van der Waals surface area contributed by atoms with Crippen molar-refractivity contribution in [2.75, 3.05) is 6.54 Å². The fourth-order valence-corrected chi connectivity index (χ4v) is 2.91. The SMILES string of the molecule is O=C(O)C1c2ccccc2CCN1C(=O)Cn1ccc(=O)[nH]c1=O. The number of fused-ring (bicyclic) bond motifs is 1. The van der Waals surface area contributed by atoms with E-state index in [0.717, 1.165) is 16.2 Å². The molecule has 24 heavy (non-hydrogen) atoms. The monoisotopic (exact) mass is 329 g/mol. The van der Waals surface area contributed by atoms with Crippen molar-refractivity contribution in [1.82, 2.24) is 14.5 Å². The van der Waals surface area contributed by atoms with Crippen molar-refractivity contribution in [2.45, 2.75) is 19.0 Å². The number of hydrogen-bond donors (Lipinski definition) is 2. The molecule has 3 rings (SSSR count). The Morgan fingerprint density at radius 1 is 1.21 bits per heavy atom. The molecule has 2 aromatic rings. The molecule has 1 atom stereocenters. The number of nitrogens with one attached hydrogen (secondary N) is 1. The summed E-state index contributed by atoms with van der Waals surface area (Å²) in [5.74, 6) is -1.62. The second kappa shape index (κ2) is 6.15. The topological polar surface area (TPSA) is 112 Å². The van der Waals surface area contributed by atoms with Gasteiger partial charge in [-0.25, -0.2) is 9.59 Å². The van der Waals surface area contributed by atoms with Gasteiger partial charge in [-0.2, -0.15) is 0 Å². The lowest BCUT2D eigenvalue weighted by molar-refractivity contribution is -0.151. The highest BCUT2D eigenvalue weighted by Gasteiger charge is 2.35. The summed E-state index contributed by atoms with van der Waals surface area (Å²) >= 11 is 0. The molecule has 1 unspecified atom stereocenters. The van der Waals surface area contributed by atoms with Gasteiger partial charge >= 0.3 is 11.7 Å². The number of benzene rings is 1. The first-order valence-electron chi connectivity index (χ1n) is 7.37. The largest absolute Gasteiger partial charge is 0.479 e. The van der Waals surface area contributed by atoms with Crippen LogP contribution in [0.1, 0.15) is 17.2 Å². The number of hydrogen-bond acceptors (Lipinski definition) is 4. The van der Waals surface area contributed by atoms with Gasteiger partial charge < -0.3 is 10.0 Å². The Hall–Kier alpha value is -3.16. The summed E-state index contributed by atoms with van der Waals surface area (Å²) in [4.78, 5) is 50.3. The van der Waals surface area contributed by atoms with Crippen LogP contribution in [0.2, 0.25) is 0 Å². The quantitative estimate of drug-likeness (QED) is 0.806. The lowest BCUT2D eigenvalue weighted by Crippen LogP contribution is -2.46. The van der Waals surface area contributed by atoms with Crippen molar-refractivity contribution in [2.24, 2.45) is 0 Å². The molecule has 1 aliphatic rings. The van der Waals surface area contributed by atoms with Crippen molar-refractivity contribution in [3.05, 3.63) is 68.5 Å². The summed E-state index contributed by atoms with van der Waals surface area (Å²) in [5.41, 5.74) is 0.215. The molecule has 0 bridgehead atoms. The summed E-state index contributed by atoms with van der Waals surface area (Å²) in [5, 5.41) is 9.55. The van der Waals surface area contributed by atoms with Crippen LogP contribution in [0.4, 0.5) is 0 Å². The van der Waals surface area contributed by atoms with E-state index in [0.29, 0.717) is 12.0 Å². The number of aromatic nitrogens is 2. The molecule has 2 heterocycles. The Morgan fingerprint density at radius 3 is 2.67 bits per heavy atom. The number of rotatable bonds is 3. The van der Waals surface area contributed by atoms with E-state index >= 15 is 0 Å². The molecule has 8 nitrogen and oxygen atoms in total. The minimum absolute atomic E-state index is 0.255. The number of carbonyl (C=O) groups is 2. The van der Waals surface area contributed by atoms with E-state index in [1.54, 1.807) is 12.1 Å². The lowest BCUT2D eigenvalue weighted by Gasteiger charge is -2.34. The number of H-pyrrole nitrogens is 1. The molecule has 0 saturated heterocycles. The van der Waals surface area contributed by atoms with E-state index in [1.807, 2.05) is 12.1 Å². The van der Waals surface area contributed by atoms with Crippen LogP contribution >= 0.6 is 0 Å². The van der Waals surface area contributed by atoms with Crippen LogP contribution in [0, 0.1) is 0 Å². The van der Waals surface area contributed by atoms with Crippen molar-refractivity contribution in [1.29, 1.82) is 0 Å². The second-order valence-corrected chi connectivity index (χ2v) is 5.51. The lowest BCUT2D eigenvalue weighted by atomic mass is 9.92. The molecule has 0 spiro atoms. The molecular formula is C16H15N3O5. The maximum Gasteiger partial charge on any atom is 0.331 e. The predicted octanol–water partition coefficient (Wildman–Crippen LogP) is -0.253. The van der Waals surface area contributed by atoms with E-state index in [-0.39, 0.29) is 13.1 Å². The molecule has 1 aliphatic heterocycles. The zero-order valence-electron chi connectivity index (χ0n) is 12.6. The smallest absolute Gasteiger partial charge is 0.331 e. The van der Waals surface area contributed by atoms with Crippen molar-refractivity contribution >= 4 is 11.9 Å². The fourth-order valence-electron chi connectivity index (χ4n) is 2.91. The zero-order valence-corrected chi connectivity index (χ0v) is 12.6. The van der Waals surface area contributed by atoms with Crippen LogP contribution in [0.3, 0.4) is 0 Å². The third-order valence-corrected chi connectivity index (χ3v) is 4.04. The van der Waals surface area contributed by atoms with Gasteiger partial charge in [0, 0.05) is 18.8 Å². The van der Waals surface area contributed by atoms with Gasteiger partial charge in [0.2, 0.25) is 5.91 Å². The highest BCUT2D eigenvalue weighted by atomic mass is 16.4. The Bertz CT molecular complexity index is 914. The van der Waals surface area contributed by atoms with Gasteiger partial charge in [0.1, 0.15) is 6.54 Å². The summed E-state index contributed by atoms with van der Waals surface area (Å²) < 4.78 is 1.04. The van der Waals surface area contributed by atoms with Crippen LogP contribution in [-0.4, -0.2) is 38.0 Å². The first-order chi connectivity index (χ1) is 11.5. The number of aromatic amines is 1. The first kappa shape index (κ1) is 15.7. The molecule has 0 fully saturated rings. The maximum atomic E-state index is 12.5. The average molecular weight is 329 g/mol. The summed E-state index contributed by atoms with van der Waals surface area (Å²) in [6.07, 6.45) is 1.76. The Morgan fingerprint density at radius 2 is 1.96 bits per heavy atom. The molecular weight excluding hydrogens is 314 g/mol. The molecule has 0 saturated carbocycles. The van der Waals surface area contributed by atoms with Gasteiger partial charge in [-0.15, -0.1) is 0 Å². The molecule has 0 radical (unpaired) electrons. The van der Waals surface area contributed by atoms with Gasteiger partial charge in [0.15, 0.2) is 6.04 Å². The predicted molar refractivity (Wildman–Crippen MR) is 83.6 cm³/mol. The number of carboxylic acids is 1. The zero-order chi connectivity index (χ0) is 17.3. The summed E-state index contributed by atoms with van der Waals surface area (Å²) in [6.45, 7) is -0.0769. The Kier molecular flexibility index (Phi) is 4.03. The van der Waals surface area contributed by atoms with Gasteiger partial charge in [-0.3, -0.25) is 19.1 Å². The fraction of sp³-hybridized carbons (Fsp3) is 0.250. The Balaban J connectivity index is 1.90. The standard InChI is InChI=1S/C16H15N3O5/c20-12-6-7-18(16(24)17-12)9-13(21)19-8-5-10-3-1-2-4-11(10)14(19)15(22)23/h1-4,6-7,14H,5,8-9H2,(H,22,23)(H,17,20,24). The van der Waals surface area contributed by atoms with Gasteiger partial charge in [0.05, 0.1) is 0 Å². The molecule has 2 N–H and O–H groups in total. The summed E-state index contributed by atoms with van der Waals surface area (Å²) in [7, 11) is 0. The summed E-state index contributed by atoms with van der Waals surface area (Å²) in [6, 6.07) is 7.15. The second-order valence-electron chi connectivity index (χ2n) is 5.51. The average Bonchev–Trinajstić information content (AvgIpc) is 2.56. The molecule has 1 aromatic heterocycles. The third kappa shape index (κ3) is 2.85. The van der Waals surface area contributed by atoms with Gasteiger partial charge in [0.25, 0.3) is 5.56 Å². The van der Waals surface area contributed by atoms with E-state index in [2.05, 4.69) is 4.98 Å². The molecule has 1 amide bonds. The third-order valence-electron chi connectivity index (χ3n) is 4.04. The van der Waals surface area contributed by atoms with Crippen LogP contribution in [-0.2, 0) is 22.6 Å². The number of aliphatic carboxylic acids is 1. The highest BCUT2D eigenvalue weighted by molar-refractivity contribution is 5.85.